The van der Waals surface area contributed by atoms with Gasteiger partial charge in [0.05, 0.1) is 12.6 Å². The number of amides is 1. The van der Waals surface area contributed by atoms with Crippen molar-refractivity contribution in [2.45, 2.75) is 77.3 Å². The lowest BCUT2D eigenvalue weighted by Crippen LogP contribution is -2.48. The molecule has 1 aliphatic rings. The maximum atomic E-state index is 12.4. The molecule has 0 aromatic heterocycles. The van der Waals surface area contributed by atoms with Gasteiger partial charge in [-0.2, -0.15) is 5.26 Å². The van der Waals surface area contributed by atoms with Crippen molar-refractivity contribution in [1.82, 2.24) is 10.6 Å². The van der Waals surface area contributed by atoms with Crippen LogP contribution in [0.3, 0.4) is 0 Å². The number of carbonyl (C=O) groups is 1. The van der Waals surface area contributed by atoms with Gasteiger partial charge < -0.3 is 10.6 Å². The molecule has 0 bridgehead atoms. The summed E-state index contributed by atoms with van der Waals surface area (Å²) in [5.74, 6) is 0.845. The van der Waals surface area contributed by atoms with Crippen LogP contribution in [0.2, 0.25) is 0 Å². The molecular formula is C22H33N3O. The molecule has 0 spiro atoms. The molecule has 4 heteroatoms. The highest BCUT2D eigenvalue weighted by Gasteiger charge is 2.35. The summed E-state index contributed by atoms with van der Waals surface area (Å²) in [6.45, 7) is 9.00. The van der Waals surface area contributed by atoms with Crippen LogP contribution >= 0.6 is 0 Å². The molecule has 4 nitrogen and oxygen atoms in total. The Bertz CT molecular complexity index is 624. The van der Waals surface area contributed by atoms with Crippen molar-refractivity contribution in [1.29, 1.82) is 5.26 Å². The molecule has 1 fully saturated rings. The third-order valence-corrected chi connectivity index (χ3v) is 5.68. The van der Waals surface area contributed by atoms with Crippen LogP contribution in [-0.4, -0.2) is 18.0 Å². The fraction of sp³-hybridized carbons (Fsp3) is 0.636. The second-order valence-corrected chi connectivity index (χ2v) is 8.03. The van der Waals surface area contributed by atoms with E-state index in [1.807, 2.05) is 0 Å². The van der Waals surface area contributed by atoms with Crippen LogP contribution in [0, 0.1) is 17.2 Å². The van der Waals surface area contributed by atoms with Gasteiger partial charge in [0.1, 0.15) is 5.54 Å². The first-order chi connectivity index (χ1) is 12.4. The first-order valence-electron chi connectivity index (χ1n) is 9.96. The normalized spacial score (nSPS) is 18.3. The van der Waals surface area contributed by atoms with Gasteiger partial charge in [0.15, 0.2) is 0 Å². The van der Waals surface area contributed by atoms with Gasteiger partial charge in [0.25, 0.3) is 0 Å². The van der Waals surface area contributed by atoms with Gasteiger partial charge in [-0.25, -0.2) is 0 Å². The van der Waals surface area contributed by atoms with Crippen molar-refractivity contribution in [3.63, 3.8) is 0 Å². The van der Waals surface area contributed by atoms with Gasteiger partial charge in [0.2, 0.25) is 5.91 Å². The van der Waals surface area contributed by atoms with E-state index in [0.717, 1.165) is 32.1 Å². The van der Waals surface area contributed by atoms with E-state index in [-0.39, 0.29) is 18.5 Å². The van der Waals surface area contributed by atoms with E-state index >= 15 is 0 Å². The fourth-order valence-electron chi connectivity index (χ4n) is 3.76. The number of nitriles is 1. The van der Waals surface area contributed by atoms with Crippen molar-refractivity contribution < 1.29 is 4.79 Å². The van der Waals surface area contributed by atoms with Crippen LogP contribution in [0.4, 0.5) is 0 Å². The lowest BCUT2D eigenvalue weighted by molar-refractivity contribution is -0.121. The molecule has 1 saturated carbocycles. The minimum Gasteiger partial charge on any atom is -0.337 e. The average Bonchev–Trinajstić information content (AvgIpc) is 3.10. The maximum absolute atomic E-state index is 12.4. The Morgan fingerprint density at radius 3 is 2.23 bits per heavy atom. The van der Waals surface area contributed by atoms with Crippen LogP contribution in [-0.2, 0) is 4.79 Å². The van der Waals surface area contributed by atoms with Crippen molar-refractivity contribution in [2.75, 3.05) is 6.54 Å². The highest BCUT2D eigenvalue weighted by Crippen LogP contribution is 2.29. The van der Waals surface area contributed by atoms with Crippen molar-refractivity contribution in [3.8, 4) is 6.07 Å². The zero-order chi connectivity index (χ0) is 19.2. The zero-order valence-electron chi connectivity index (χ0n) is 16.6. The lowest BCUT2D eigenvalue weighted by Gasteiger charge is -2.26. The highest BCUT2D eigenvalue weighted by atomic mass is 16.2. The quantitative estimate of drug-likeness (QED) is 0.724. The van der Waals surface area contributed by atoms with Gasteiger partial charge in [-0.1, -0.05) is 52.0 Å². The lowest BCUT2D eigenvalue weighted by atomic mass is 9.92. The molecule has 0 unspecified atom stereocenters. The Morgan fingerprint density at radius 2 is 1.73 bits per heavy atom. The Hall–Kier alpha value is -1.86. The van der Waals surface area contributed by atoms with E-state index < -0.39 is 5.54 Å². The van der Waals surface area contributed by atoms with Crippen molar-refractivity contribution in [3.05, 3.63) is 35.4 Å². The summed E-state index contributed by atoms with van der Waals surface area (Å²) in [4.78, 5) is 12.4. The number of hydrogen-bond acceptors (Lipinski definition) is 3. The van der Waals surface area contributed by atoms with Crippen LogP contribution in [0.15, 0.2) is 24.3 Å². The molecule has 1 aromatic rings. The standard InChI is InChI=1S/C22H33N3O/c1-5-17(4)18-8-10-19(11-9-18)21(16(2)3)24-14-20(26)25-22(15-23)12-6-7-13-22/h8-11,16-17,21,24H,5-7,12-14H2,1-4H3,(H,25,26)/t17-,21+/m0/s1. The van der Waals surface area contributed by atoms with Crippen LogP contribution in [0.25, 0.3) is 0 Å². The first kappa shape index (κ1) is 20.5. The molecule has 1 aliphatic carbocycles. The molecule has 0 saturated heterocycles. The van der Waals surface area contributed by atoms with Gasteiger partial charge in [-0.05, 0) is 55.1 Å². The number of nitrogens with one attached hydrogen (secondary N) is 2. The summed E-state index contributed by atoms with van der Waals surface area (Å²) in [5.41, 5.74) is 1.91. The summed E-state index contributed by atoms with van der Waals surface area (Å²) in [5, 5.41) is 15.8. The Labute approximate surface area is 158 Å². The van der Waals surface area contributed by atoms with Gasteiger partial charge in [-0.15, -0.1) is 0 Å². The second kappa shape index (κ2) is 9.19. The van der Waals surface area contributed by atoms with Crippen molar-refractivity contribution >= 4 is 5.91 Å². The van der Waals surface area contributed by atoms with Gasteiger partial charge in [0, 0.05) is 6.04 Å². The van der Waals surface area contributed by atoms with E-state index in [1.165, 1.54) is 11.1 Å². The van der Waals surface area contributed by atoms with Gasteiger partial charge in [-0.3, -0.25) is 4.79 Å². The molecule has 0 heterocycles. The summed E-state index contributed by atoms with van der Waals surface area (Å²) in [6, 6.07) is 11.2. The number of benzene rings is 1. The minimum absolute atomic E-state index is 0.0877. The average molecular weight is 356 g/mol. The highest BCUT2D eigenvalue weighted by molar-refractivity contribution is 5.79. The zero-order valence-corrected chi connectivity index (χ0v) is 16.6. The summed E-state index contributed by atoms with van der Waals surface area (Å²) >= 11 is 0. The predicted molar refractivity (Wildman–Crippen MR) is 106 cm³/mol. The maximum Gasteiger partial charge on any atom is 0.235 e. The van der Waals surface area contributed by atoms with E-state index in [4.69, 9.17) is 0 Å². The number of nitrogens with zero attached hydrogens (tertiary/aromatic N) is 1. The molecule has 2 atom stereocenters. The molecule has 2 N–H and O–H groups in total. The number of hydrogen-bond donors (Lipinski definition) is 2. The molecule has 142 valence electrons. The van der Waals surface area contributed by atoms with Crippen LogP contribution in [0.1, 0.15) is 82.9 Å². The number of carbonyl (C=O) groups excluding carboxylic acids is 1. The van der Waals surface area contributed by atoms with Gasteiger partial charge >= 0.3 is 0 Å². The third-order valence-electron chi connectivity index (χ3n) is 5.68. The smallest absolute Gasteiger partial charge is 0.235 e. The monoisotopic (exact) mass is 355 g/mol. The molecule has 2 rings (SSSR count). The fourth-order valence-corrected chi connectivity index (χ4v) is 3.76. The molecule has 26 heavy (non-hydrogen) atoms. The molecule has 0 aliphatic heterocycles. The van der Waals surface area contributed by atoms with E-state index in [0.29, 0.717) is 11.8 Å². The molecule has 0 radical (unpaired) electrons. The molecule has 1 amide bonds. The predicted octanol–water partition coefficient (Wildman–Crippen LogP) is 4.44. The Balaban J connectivity index is 1.98. The van der Waals surface area contributed by atoms with Crippen LogP contribution in [0.5, 0.6) is 0 Å². The largest absolute Gasteiger partial charge is 0.337 e. The topological polar surface area (TPSA) is 64.9 Å². The Kier molecular flexibility index (Phi) is 7.23. The summed E-state index contributed by atoms with van der Waals surface area (Å²) in [7, 11) is 0. The third kappa shape index (κ3) is 5.08. The van der Waals surface area contributed by atoms with E-state index in [1.54, 1.807) is 0 Å². The van der Waals surface area contributed by atoms with E-state index in [2.05, 4.69) is 68.7 Å². The van der Waals surface area contributed by atoms with Crippen molar-refractivity contribution in [2.24, 2.45) is 5.92 Å². The summed E-state index contributed by atoms with van der Waals surface area (Å²) < 4.78 is 0. The van der Waals surface area contributed by atoms with Crippen LogP contribution < -0.4 is 10.6 Å². The SMILES string of the molecule is CC[C@H](C)c1ccc([C@H](NCC(=O)NC2(C#N)CCCC2)C(C)C)cc1. The number of rotatable bonds is 8. The molecule has 1 aromatic carbocycles. The molecular weight excluding hydrogens is 322 g/mol. The second-order valence-electron chi connectivity index (χ2n) is 8.03. The van der Waals surface area contributed by atoms with E-state index in [9.17, 15) is 10.1 Å². The Morgan fingerprint density at radius 1 is 1.15 bits per heavy atom. The first-order valence-corrected chi connectivity index (χ1v) is 9.96. The minimum atomic E-state index is -0.649. The summed E-state index contributed by atoms with van der Waals surface area (Å²) in [6.07, 6.45) is 4.68.